The second-order valence-electron chi connectivity index (χ2n) is 4.47. The number of hydrogen-bond acceptors (Lipinski definition) is 2. The summed E-state index contributed by atoms with van der Waals surface area (Å²) < 4.78 is 0. The number of pyridine rings is 1. The Labute approximate surface area is 113 Å². The Morgan fingerprint density at radius 2 is 2.17 bits per heavy atom. The Morgan fingerprint density at radius 1 is 1.33 bits per heavy atom. The molecule has 2 rings (SSSR count). The second-order valence-corrected chi connectivity index (χ2v) is 4.88. The molecule has 2 aromatic rings. The Morgan fingerprint density at radius 3 is 2.83 bits per heavy atom. The predicted molar refractivity (Wildman–Crippen MR) is 75.7 cm³/mol. The van der Waals surface area contributed by atoms with E-state index in [0.717, 1.165) is 17.1 Å². The first-order valence-corrected chi connectivity index (χ1v) is 6.43. The van der Waals surface area contributed by atoms with Crippen molar-refractivity contribution in [3.8, 4) is 0 Å². The van der Waals surface area contributed by atoms with Crippen molar-refractivity contribution in [2.24, 2.45) is 0 Å². The predicted octanol–water partition coefficient (Wildman–Crippen LogP) is 3.89. The molecule has 0 unspecified atom stereocenters. The van der Waals surface area contributed by atoms with Gasteiger partial charge in [0.25, 0.3) is 0 Å². The fourth-order valence-corrected chi connectivity index (χ4v) is 1.97. The molecule has 0 fully saturated rings. The lowest BCUT2D eigenvalue weighted by atomic mass is 10.1. The topological polar surface area (TPSA) is 24.9 Å². The minimum absolute atomic E-state index is 0.277. The van der Waals surface area contributed by atoms with Gasteiger partial charge in [0.2, 0.25) is 0 Å². The molecule has 18 heavy (non-hydrogen) atoms. The van der Waals surface area contributed by atoms with E-state index in [4.69, 9.17) is 11.6 Å². The van der Waals surface area contributed by atoms with Crippen molar-refractivity contribution < 1.29 is 0 Å². The molecule has 0 aliphatic heterocycles. The summed E-state index contributed by atoms with van der Waals surface area (Å²) >= 11 is 6.11. The first-order valence-electron chi connectivity index (χ1n) is 6.05. The molecular weight excluding hydrogens is 244 g/mol. The van der Waals surface area contributed by atoms with Crippen molar-refractivity contribution in [2.75, 3.05) is 0 Å². The summed E-state index contributed by atoms with van der Waals surface area (Å²) in [6, 6.07) is 10.5. The number of aryl methyl sites for hydroxylation is 1. The largest absolute Gasteiger partial charge is 0.306 e. The van der Waals surface area contributed by atoms with E-state index in [0.29, 0.717) is 0 Å². The van der Waals surface area contributed by atoms with Gasteiger partial charge in [-0.15, -0.1) is 0 Å². The van der Waals surface area contributed by atoms with Crippen molar-refractivity contribution >= 4 is 11.6 Å². The van der Waals surface area contributed by atoms with E-state index in [9.17, 15) is 0 Å². The van der Waals surface area contributed by atoms with Crippen LogP contribution in [0.2, 0.25) is 5.02 Å². The monoisotopic (exact) mass is 260 g/mol. The number of halogens is 1. The molecule has 0 bridgehead atoms. The molecule has 1 N–H and O–H groups in total. The number of aromatic nitrogens is 1. The van der Waals surface area contributed by atoms with Gasteiger partial charge in [0.15, 0.2) is 0 Å². The van der Waals surface area contributed by atoms with E-state index in [-0.39, 0.29) is 6.04 Å². The van der Waals surface area contributed by atoms with Gasteiger partial charge in [-0.2, -0.15) is 0 Å². The van der Waals surface area contributed by atoms with Gasteiger partial charge >= 0.3 is 0 Å². The maximum absolute atomic E-state index is 6.11. The van der Waals surface area contributed by atoms with Crippen LogP contribution in [0.15, 0.2) is 42.7 Å². The molecule has 0 aliphatic carbocycles. The SMILES string of the molecule is Cc1ccc(CN[C@H](C)c2cccnc2)cc1Cl. The van der Waals surface area contributed by atoms with E-state index in [1.807, 2.05) is 31.3 Å². The second kappa shape index (κ2) is 5.98. The maximum atomic E-state index is 6.11. The molecule has 3 heteroatoms. The van der Waals surface area contributed by atoms with Gasteiger partial charge < -0.3 is 5.32 Å². The number of nitrogens with one attached hydrogen (secondary N) is 1. The molecule has 1 heterocycles. The van der Waals surface area contributed by atoms with Crippen LogP contribution in [-0.2, 0) is 6.54 Å². The fourth-order valence-electron chi connectivity index (χ4n) is 1.77. The highest BCUT2D eigenvalue weighted by Crippen LogP contribution is 2.17. The van der Waals surface area contributed by atoms with E-state index in [2.05, 4.69) is 29.4 Å². The van der Waals surface area contributed by atoms with E-state index < -0.39 is 0 Å². The highest BCUT2D eigenvalue weighted by Gasteiger charge is 2.05. The number of hydrogen-bond donors (Lipinski definition) is 1. The molecule has 1 aromatic carbocycles. The molecule has 0 saturated carbocycles. The Balaban J connectivity index is 1.97. The summed E-state index contributed by atoms with van der Waals surface area (Å²) in [6.45, 7) is 4.95. The Hall–Kier alpha value is -1.38. The third-order valence-corrected chi connectivity index (χ3v) is 3.44. The first kappa shape index (κ1) is 13.1. The molecule has 0 radical (unpaired) electrons. The highest BCUT2D eigenvalue weighted by atomic mass is 35.5. The van der Waals surface area contributed by atoms with Crippen LogP contribution in [0.5, 0.6) is 0 Å². The molecule has 94 valence electrons. The number of rotatable bonds is 4. The van der Waals surface area contributed by atoms with Crippen LogP contribution in [-0.4, -0.2) is 4.98 Å². The third kappa shape index (κ3) is 3.31. The van der Waals surface area contributed by atoms with Crippen LogP contribution >= 0.6 is 11.6 Å². The van der Waals surface area contributed by atoms with E-state index in [1.165, 1.54) is 11.1 Å². The average Bonchev–Trinajstić information content (AvgIpc) is 2.41. The molecular formula is C15H17ClN2. The number of nitrogens with zero attached hydrogens (tertiary/aromatic N) is 1. The van der Waals surface area contributed by atoms with Crippen LogP contribution in [0.3, 0.4) is 0 Å². The zero-order valence-electron chi connectivity index (χ0n) is 10.7. The van der Waals surface area contributed by atoms with Gasteiger partial charge in [0, 0.05) is 30.0 Å². The lowest BCUT2D eigenvalue weighted by Gasteiger charge is -2.14. The van der Waals surface area contributed by atoms with Crippen LogP contribution in [0.25, 0.3) is 0 Å². The van der Waals surface area contributed by atoms with Crippen molar-refractivity contribution in [1.82, 2.24) is 10.3 Å². The highest BCUT2D eigenvalue weighted by molar-refractivity contribution is 6.31. The minimum Gasteiger partial charge on any atom is -0.306 e. The van der Waals surface area contributed by atoms with Gasteiger partial charge in [-0.3, -0.25) is 4.98 Å². The summed E-state index contributed by atoms with van der Waals surface area (Å²) in [6.07, 6.45) is 3.68. The summed E-state index contributed by atoms with van der Waals surface area (Å²) in [5.74, 6) is 0. The lowest BCUT2D eigenvalue weighted by Crippen LogP contribution is -2.18. The zero-order valence-corrected chi connectivity index (χ0v) is 11.4. The van der Waals surface area contributed by atoms with Gasteiger partial charge in [0.1, 0.15) is 0 Å². The van der Waals surface area contributed by atoms with Gasteiger partial charge in [-0.1, -0.05) is 29.8 Å². The van der Waals surface area contributed by atoms with Crippen molar-refractivity contribution in [3.63, 3.8) is 0 Å². The normalized spacial score (nSPS) is 12.4. The van der Waals surface area contributed by atoms with Crippen LogP contribution in [0.4, 0.5) is 0 Å². The van der Waals surface area contributed by atoms with E-state index in [1.54, 1.807) is 6.20 Å². The molecule has 0 saturated heterocycles. The van der Waals surface area contributed by atoms with E-state index >= 15 is 0 Å². The summed E-state index contributed by atoms with van der Waals surface area (Å²) in [5, 5.41) is 4.29. The Kier molecular flexibility index (Phi) is 4.34. The molecule has 0 amide bonds. The summed E-state index contributed by atoms with van der Waals surface area (Å²) in [5.41, 5.74) is 3.50. The Bertz CT molecular complexity index is 511. The average molecular weight is 261 g/mol. The van der Waals surface area contributed by atoms with Crippen LogP contribution in [0, 0.1) is 6.92 Å². The zero-order chi connectivity index (χ0) is 13.0. The van der Waals surface area contributed by atoms with Crippen molar-refractivity contribution in [3.05, 3.63) is 64.4 Å². The van der Waals surface area contributed by atoms with Crippen molar-refractivity contribution in [1.29, 1.82) is 0 Å². The van der Waals surface area contributed by atoms with Crippen LogP contribution < -0.4 is 5.32 Å². The fraction of sp³-hybridized carbons (Fsp3) is 0.267. The van der Waals surface area contributed by atoms with Gasteiger partial charge in [-0.05, 0) is 42.7 Å². The van der Waals surface area contributed by atoms with Gasteiger partial charge in [-0.25, -0.2) is 0 Å². The third-order valence-electron chi connectivity index (χ3n) is 3.03. The lowest BCUT2D eigenvalue weighted by molar-refractivity contribution is 0.573. The van der Waals surface area contributed by atoms with Crippen LogP contribution in [0.1, 0.15) is 29.7 Å². The molecule has 1 aromatic heterocycles. The standard InChI is InChI=1S/C15H17ClN2/c1-11-5-6-13(8-15(11)16)9-18-12(2)14-4-3-7-17-10-14/h3-8,10,12,18H,9H2,1-2H3/t12-/m1/s1. The first-order chi connectivity index (χ1) is 8.66. The summed E-state index contributed by atoms with van der Waals surface area (Å²) in [7, 11) is 0. The van der Waals surface area contributed by atoms with Gasteiger partial charge in [0.05, 0.1) is 0 Å². The molecule has 1 atom stereocenters. The smallest absolute Gasteiger partial charge is 0.0438 e. The number of benzene rings is 1. The quantitative estimate of drug-likeness (QED) is 0.902. The minimum atomic E-state index is 0.277. The molecule has 0 aliphatic rings. The summed E-state index contributed by atoms with van der Waals surface area (Å²) in [4.78, 5) is 4.13. The molecule has 0 spiro atoms. The maximum Gasteiger partial charge on any atom is 0.0438 e. The van der Waals surface area contributed by atoms with Crippen molar-refractivity contribution in [2.45, 2.75) is 26.4 Å². The molecule has 2 nitrogen and oxygen atoms in total.